The normalized spacial score (nSPS) is 12.9. The highest BCUT2D eigenvalue weighted by molar-refractivity contribution is 6.27. The van der Waals surface area contributed by atoms with Gasteiger partial charge in [0.2, 0.25) is 0 Å². The Hall–Kier alpha value is -0.153. The molecule has 0 N–H and O–H groups in total. The van der Waals surface area contributed by atoms with Gasteiger partial charge in [0.1, 0.15) is 0 Å². The van der Waals surface area contributed by atoms with Gasteiger partial charge in [0.05, 0.1) is 6.33 Å². The van der Waals surface area contributed by atoms with Gasteiger partial charge in [0.15, 0.2) is 9.76 Å². The minimum absolute atomic E-state index is 0.310. The van der Waals surface area contributed by atoms with Crippen molar-refractivity contribution in [2.75, 3.05) is 0 Å². The molecule has 0 aromatic rings. The molecular formula is C6H13FOSi. The van der Waals surface area contributed by atoms with E-state index in [1.54, 1.807) is 0 Å². The highest BCUT2D eigenvalue weighted by Crippen LogP contribution is 1.89. The zero-order valence-electron chi connectivity index (χ0n) is 5.93. The first-order valence-electron chi connectivity index (χ1n) is 3.14. The molecule has 0 bridgehead atoms. The van der Waals surface area contributed by atoms with Crippen LogP contribution < -0.4 is 0 Å². The maximum absolute atomic E-state index is 11.3. The van der Waals surface area contributed by atoms with Gasteiger partial charge in [-0.3, -0.25) is 0 Å². The Labute approximate surface area is 57.9 Å². The lowest BCUT2D eigenvalue weighted by atomic mass is 10.5. The fraction of sp³-hybridized carbons (Fsp3) is 0.667. The molecule has 3 heteroatoms. The minimum Gasteiger partial charge on any atom is -0.421 e. The average molecular weight is 148 g/mol. The van der Waals surface area contributed by atoms with Crippen molar-refractivity contribution >= 4 is 9.76 Å². The van der Waals surface area contributed by atoms with Crippen molar-refractivity contribution in [3.63, 3.8) is 0 Å². The number of rotatable bonds is 4. The van der Waals surface area contributed by atoms with Crippen LogP contribution >= 0.6 is 0 Å². The first-order valence-corrected chi connectivity index (χ1v) is 4.72. The van der Waals surface area contributed by atoms with Crippen LogP contribution in [0.3, 0.4) is 0 Å². The van der Waals surface area contributed by atoms with Gasteiger partial charge in [-0.05, 0) is 19.9 Å². The van der Waals surface area contributed by atoms with Gasteiger partial charge in [-0.15, -0.1) is 0 Å². The molecule has 0 aliphatic rings. The second-order valence-corrected chi connectivity index (χ2v) is 3.39. The molecule has 0 saturated heterocycles. The van der Waals surface area contributed by atoms with E-state index in [-0.39, 0.29) is 0 Å². The molecule has 0 rings (SSSR count). The zero-order valence-corrected chi connectivity index (χ0v) is 7.35. The lowest BCUT2D eigenvalue weighted by molar-refractivity contribution is 0.256. The van der Waals surface area contributed by atoms with E-state index in [0.717, 1.165) is 6.04 Å². The predicted molar refractivity (Wildman–Crippen MR) is 39.8 cm³/mol. The molecule has 0 aromatic heterocycles. The SMILES string of the molecule is CC(C)O[SiH2]CC=CF. The van der Waals surface area contributed by atoms with Crippen molar-refractivity contribution < 1.29 is 8.82 Å². The number of halogens is 1. The standard InChI is InChI=1S/C6H13FOSi/c1-6(2)8-9-5-3-4-7/h3-4,6H,5,9H2,1-2H3. The van der Waals surface area contributed by atoms with Crippen LogP contribution in [-0.4, -0.2) is 15.9 Å². The molecule has 0 heterocycles. The first kappa shape index (κ1) is 8.85. The molecule has 0 aliphatic carbocycles. The molecule has 0 spiro atoms. The maximum atomic E-state index is 11.3. The van der Waals surface area contributed by atoms with Crippen LogP contribution in [0.25, 0.3) is 0 Å². The molecular weight excluding hydrogens is 135 g/mol. The second-order valence-electron chi connectivity index (χ2n) is 2.07. The summed E-state index contributed by atoms with van der Waals surface area (Å²) in [7, 11) is -0.474. The summed E-state index contributed by atoms with van der Waals surface area (Å²) in [6.45, 7) is 3.98. The second kappa shape index (κ2) is 5.97. The van der Waals surface area contributed by atoms with E-state index in [0.29, 0.717) is 12.4 Å². The van der Waals surface area contributed by atoms with Crippen molar-refractivity contribution in [2.24, 2.45) is 0 Å². The molecule has 0 amide bonds. The van der Waals surface area contributed by atoms with Crippen LogP contribution in [0, 0.1) is 0 Å². The van der Waals surface area contributed by atoms with E-state index in [1.165, 1.54) is 6.08 Å². The summed E-state index contributed by atoms with van der Waals surface area (Å²) in [4.78, 5) is 0. The minimum atomic E-state index is -0.474. The lowest BCUT2D eigenvalue weighted by Crippen LogP contribution is -2.05. The summed E-state index contributed by atoms with van der Waals surface area (Å²) in [6, 6.07) is 0.800. The summed E-state index contributed by atoms with van der Waals surface area (Å²) < 4.78 is 16.6. The Kier molecular flexibility index (Phi) is 5.87. The molecule has 0 atom stereocenters. The summed E-state index contributed by atoms with van der Waals surface area (Å²) in [6.07, 6.45) is 2.40. The monoisotopic (exact) mass is 148 g/mol. The van der Waals surface area contributed by atoms with Crippen molar-refractivity contribution in [2.45, 2.75) is 26.0 Å². The zero-order chi connectivity index (χ0) is 7.11. The molecule has 1 nitrogen and oxygen atoms in total. The number of allylic oxidation sites excluding steroid dienone is 1. The Balaban J connectivity index is 2.91. The molecule has 0 saturated carbocycles. The first-order chi connectivity index (χ1) is 4.27. The lowest BCUT2D eigenvalue weighted by Gasteiger charge is -2.03. The molecule has 9 heavy (non-hydrogen) atoms. The molecule has 0 radical (unpaired) electrons. The summed E-state index contributed by atoms with van der Waals surface area (Å²) in [5.41, 5.74) is 0. The highest BCUT2D eigenvalue weighted by Gasteiger charge is 1.89. The summed E-state index contributed by atoms with van der Waals surface area (Å²) in [5, 5.41) is 0. The Bertz CT molecular complexity index is 83.1. The Morgan fingerprint density at radius 2 is 2.33 bits per heavy atom. The molecule has 0 unspecified atom stereocenters. The van der Waals surface area contributed by atoms with Crippen molar-refractivity contribution in [1.29, 1.82) is 0 Å². The third-order valence-corrected chi connectivity index (χ3v) is 2.30. The highest BCUT2D eigenvalue weighted by atomic mass is 28.2. The summed E-state index contributed by atoms with van der Waals surface area (Å²) in [5.74, 6) is 0. The van der Waals surface area contributed by atoms with E-state index >= 15 is 0 Å². The Morgan fingerprint density at radius 1 is 1.67 bits per heavy atom. The Morgan fingerprint density at radius 3 is 2.78 bits per heavy atom. The topological polar surface area (TPSA) is 9.23 Å². The van der Waals surface area contributed by atoms with Crippen LogP contribution in [0.5, 0.6) is 0 Å². The van der Waals surface area contributed by atoms with Crippen molar-refractivity contribution in [3.05, 3.63) is 12.4 Å². The predicted octanol–water partition coefficient (Wildman–Crippen LogP) is 1.40. The average Bonchev–Trinajstić information content (AvgIpc) is 1.80. The summed E-state index contributed by atoms with van der Waals surface area (Å²) >= 11 is 0. The van der Waals surface area contributed by atoms with Gasteiger partial charge in [0.25, 0.3) is 0 Å². The van der Waals surface area contributed by atoms with Crippen LogP contribution in [0.2, 0.25) is 6.04 Å². The number of hydrogen-bond acceptors (Lipinski definition) is 1. The van der Waals surface area contributed by atoms with E-state index in [9.17, 15) is 4.39 Å². The van der Waals surface area contributed by atoms with Gasteiger partial charge >= 0.3 is 0 Å². The smallest absolute Gasteiger partial charge is 0.165 e. The van der Waals surface area contributed by atoms with E-state index < -0.39 is 9.76 Å². The van der Waals surface area contributed by atoms with Gasteiger partial charge in [-0.25, -0.2) is 4.39 Å². The molecule has 0 aliphatic heterocycles. The third kappa shape index (κ3) is 7.85. The van der Waals surface area contributed by atoms with Crippen molar-refractivity contribution in [1.82, 2.24) is 0 Å². The van der Waals surface area contributed by atoms with Crippen LogP contribution in [0.4, 0.5) is 4.39 Å². The quantitative estimate of drug-likeness (QED) is 0.432. The van der Waals surface area contributed by atoms with E-state index in [4.69, 9.17) is 4.43 Å². The third-order valence-electron chi connectivity index (χ3n) is 0.825. The molecule has 0 aromatic carbocycles. The largest absolute Gasteiger partial charge is 0.421 e. The fourth-order valence-corrected chi connectivity index (χ4v) is 1.30. The fourth-order valence-electron chi connectivity index (χ4n) is 0.435. The molecule has 0 fully saturated rings. The van der Waals surface area contributed by atoms with Crippen molar-refractivity contribution in [3.8, 4) is 0 Å². The van der Waals surface area contributed by atoms with Gasteiger partial charge < -0.3 is 4.43 Å². The van der Waals surface area contributed by atoms with Gasteiger partial charge in [0, 0.05) is 6.10 Å². The van der Waals surface area contributed by atoms with Crippen LogP contribution in [0.1, 0.15) is 13.8 Å². The number of hydrogen-bond donors (Lipinski definition) is 0. The van der Waals surface area contributed by atoms with Crippen LogP contribution in [-0.2, 0) is 4.43 Å². The van der Waals surface area contributed by atoms with Crippen LogP contribution in [0.15, 0.2) is 12.4 Å². The van der Waals surface area contributed by atoms with Gasteiger partial charge in [-0.1, -0.05) is 6.08 Å². The maximum Gasteiger partial charge on any atom is 0.165 e. The van der Waals surface area contributed by atoms with E-state index in [1.807, 2.05) is 13.8 Å². The van der Waals surface area contributed by atoms with Gasteiger partial charge in [-0.2, -0.15) is 0 Å². The molecule has 54 valence electrons. The van der Waals surface area contributed by atoms with E-state index in [2.05, 4.69) is 0 Å².